The number of amides is 2. The molecule has 7 heteroatoms. The van der Waals surface area contributed by atoms with Gasteiger partial charge in [-0.3, -0.25) is 4.79 Å². The third-order valence-corrected chi connectivity index (χ3v) is 3.79. The summed E-state index contributed by atoms with van der Waals surface area (Å²) in [5, 5.41) is 5.17. The quantitative estimate of drug-likeness (QED) is 0.510. The molecule has 2 atom stereocenters. The molecule has 0 aliphatic carbocycles. The van der Waals surface area contributed by atoms with E-state index < -0.39 is 30.1 Å². The van der Waals surface area contributed by atoms with Gasteiger partial charge in [-0.1, -0.05) is 49.8 Å². The highest BCUT2D eigenvalue weighted by Crippen LogP contribution is 2.08. The van der Waals surface area contributed by atoms with Crippen LogP contribution in [0.15, 0.2) is 42.5 Å². The minimum atomic E-state index is -0.858. The van der Waals surface area contributed by atoms with Gasteiger partial charge < -0.3 is 20.1 Å². The van der Waals surface area contributed by atoms with E-state index in [-0.39, 0.29) is 18.9 Å². The lowest BCUT2D eigenvalue weighted by Gasteiger charge is -2.24. The molecule has 2 amide bonds. The second kappa shape index (κ2) is 11.0. The van der Waals surface area contributed by atoms with Crippen molar-refractivity contribution >= 4 is 18.0 Å². The molecule has 0 radical (unpaired) electrons. The van der Waals surface area contributed by atoms with E-state index in [4.69, 9.17) is 9.47 Å². The SMILES string of the molecule is C=C(C)C[C@H](NC(=O)[C@H](NC(=O)OCc1ccccc1)C(C)C)C(=O)OC. The van der Waals surface area contributed by atoms with Crippen molar-refractivity contribution in [2.24, 2.45) is 5.92 Å². The fourth-order valence-electron chi connectivity index (χ4n) is 2.37. The topological polar surface area (TPSA) is 93.7 Å². The lowest BCUT2D eigenvalue weighted by atomic mass is 10.0. The Kier molecular flexibility index (Phi) is 9.05. The molecule has 0 unspecified atom stereocenters. The van der Waals surface area contributed by atoms with E-state index in [0.717, 1.165) is 11.1 Å². The van der Waals surface area contributed by atoms with Gasteiger partial charge >= 0.3 is 12.1 Å². The molecule has 0 fully saturated rings. The molecule has 2 N–H and O–H groups in total. The summed E-state index contributed by atoms with van der Waals surface area (Å²) in [4.78, 5) is 36.5. The van der Waals surface area contributed by atoms with Crippen molar-refractivity contribution in [1.82, 2.24) is 10.6 Å². The van der Waals surface area contributed by atoms with Crippen molar-refractivity contribution in [3.05, 3.63) is 48.0 Å². The largest absolute Gasteiger partial charge is 0.467 e. The first kappa shape index (κ1) is 22.2. The number of benzene rings is 1. The lowest BCUT2D eigenvalue weighted by molar-refractivity contribution is -0.145. The van der Waals surface area contributed by atoms with E-state index in [1.165, 1.54) is 7.11 Å². The van der Waals surface area contributed by atoms with Crippen LogP contribution < -0.4 is 10.6 Å². The van der Waals surface area contributed by atoms with E-state index in [1.807, 2.05) is 30.3 Å². The average Bonchev–Trinajstić information content (AvgIpc) is 2.63. The molecule has 0 saturated carbocycles. The molecule has 0 heterocycles. The van der Waals surface area contributed by atoms with Gasteiger partial charge in [0.15, 0.2) is 0 Å². The number of hydrogen-bond acceptors (Lipinski definition) is 5. The van der Waals surface area contributed by atoms with Gasteiger partial charge in [0.2, 0.25) is 5.91 Å². The standard InChI is InChI=1S/C20H28N2O5/c1-13(2)11-16(19(24)26-5)21-18(23)17(14(3)4)22-20(25)27-12-15-9-7-6-8-10-15/h6-10,14,16-17H,1,11-12H2,2-5H3,(H,21,23)(H,22,25)/t16-,17+/m0/s1. The van der Waals surface area contributed by atoms with E-state index >= 15 is 0 Å². The molecule has 0 bridgehead atoms. The Balaban J connectivity index is 2.69. The molecular weight excluding hydrogens is 348 g/mol. The zero-order valence-electron chi connectivity index (χ0n) is 16.3. The van der Waals surface area contributed by atoms with Crippen LogP contribution in [0.25, 0.3) is 0 Å². The molecular formula is C20H28N2O5. The van der Waals surface area contributed by atoms with E-state index in [1.54, 1.807) is 20.8 Å². The summed E-state index contributed by atoms with van der Waals surface area (Å²) in [6.45, 7) is 9.17. The minimum Gasteiger partial charge on any atom is -0.467 e. The first-order valence-corrected chi connectivity index (χ1v) is 8.74. The molecule has 1 aromatic carbocycles. The highest BCUT2D eigenvalue weighted by molar-refractivity contribution is 5.89. The van der Waals surface area contributed by atoms with Gasteiger partial charge in [0, 0.05) is 0 Å². The summed E-state index contributed by atoms with van der Waals surface area (Å²) in [6.07, 6.45) is -0.455. The van der Waals surface area contributed by atoms with Crippen molar-refractivity contribution in [3.8, 4) is 0 Å². The maximum absolute atomic E-state index is 12.6. The number of nitrogens with one attached hydrogen (secondary N) is 2. The number of carbonyl (C=O) groups excluding carboxylic acids is 3. The van der Waals surface area contributed by atoms with Crippen molar-refractivity contribution in [2.75, 3.05) is 7.11 Å². The van der Waals surface area contributed by atoms with Gasteiger partial charge in [-0.05, 0) is 24.8 Å². The van der Waals surface area contributed by atoms with Crippen LogP contribution in [-0.2, 0) is 25.7 Å². The Morgan fingerprint density at radius 1 is 1.11 bits per heavy atom. The zero-order chi connectivity index (χ0) is 20.4. The summed E-state index contributed by atoms with van der Waals surface area (Å²) in [5.41, 5.74) is 1.56. The predicted octanol–water partition coefficient (Wildman–Crippen LogP) is 2.56. The Bertz CT molecular complexity index is 658. The number of ether oxygens (including phenoxy) is 2. The third kappa shape index (κ3) is 7.94. The van der Waals surface area contributed by atoms with Crippen LogP contribution in [-0.4, -0.2) is 37.2 Å². The van der Waals surface area contributed by atoms with Gasteiger partial charge in [0.25, 0.3) is 0 Å². The molecule has 0 aromatic heterocycles. The Morgan fingerprint density at radius 3 is 2.26 bits per heavy atom. The van der Waals surface area contributed by atoms with Crippen LogP contribution in [0, 0.1) is 5.92 Å². The van der Waals surface area contributed by atoms with Gasteiger partial charge in [-0.25, -0.2) is 9.59 Å². The first-order chi connectivity index (χ1) is 12.7. The molecule has 1 rings (SSSR count). The van der Waals surface area contributed by atoms with Crippen molar-refractivity contribution < 1.29 is 23.9 Å². The van der Waals surface area contributed by atoms with Gasteiger partial charge in [0.05, 0.1) is 7.11 Å². The highest BCUT2D eigenvalue weighted by atomic mass is 16.5. The normalized spacial score (nSPS) is 12.6. The Morgan fingerprint density at radius 2 is 1.74 bits per heavy atom. The van der Waals surface area contributed by atoms with Crippen LogP contribution >= 0.6 is 0 Å². The van der Waals surface area contributed by atoms with Crippen LogP contribution in [0.5, 0.6) is 0 Å². The second-order valence-corrected chi connectivity index (χ2v) is 6.67. The molecule has 0 aliphatic heterocycles. The second-order valence-electron chi connectivity index (χ2n) is 6.67. The maximum Gasteiger partial charge on any atom is 0.408 e. The van der Waals surface area contributed by atoms with Crippen molar-refractivity contribution in [1.29, 1.82) is 0 Å². The maximum atomic E-state index is 12.6. The van der Waals surface area contributed by atoms with Gasteiger partial charge in [0.1, 0.15) is 18.7 Å². The van der Waals surface area contributed by atoms with Crippen LogP contribution in [0.3, 0.4) is 0 Å². The van der Waals surface area contributed by atoms with Crippen LogP contribution in [0.1, 0.15) is 32.8 Å². The summed E-state index contributed by atoms with van der Waals surface area (Å²) >= 11 is 0. The molecule has 1 aromatic rings. The highest BCUT2D eigenvalue weighted by Gasteiger charge is 2.29. The number of esters is 1. The Hall–Kier alpha value is -2.83. The summed E-state index contributed by atoms with van der Waals surface area (Å²) in [5.74, 6) is -1.27. The predicted molar refractivity (Wildman–Crippen MR) is 102 cm³/mol. The molecule has 27 heavy (non-hydrogen) atoms. The summed E-state index contributed by atoms with van der Waals surface area (Å²) in [6, 6.07) is 7.50. The number of alkyl carbamates (subject to hydrolysis) is 1. The number of hydrogen-bond donors (Lipinski definition) is 2. The Labute approximate surface area is 160 Å². The zero-order valence-corrected chi connectivity index (χ0v) is 16.3. The van der Waals surface area contributed by atoms with Crippen LogP contribution in [0.4, 0.5) is 4.79 Å². The molecule has 0 aliphatic rings. The lowest BCUT2D eigenvalue weighted by Crippen LogP contribution is -2.54. The number of rotatable bonds is 9. The molecule has 0 saturated heterocycles. The van der Waals surface area contributed by atoms with Gasteiger partial charge in [-0.2, -0.15) is 0 Å². The third-order valence-electron chi connectivity index (χ3n) is 3.79. The number of carbonyl (C=O) groups is 3. The summed E-state index contributed by atoms with van der Waals surface area (Å²) in [7, 11) is 1.25. The first-order valence-electron chi connectivity index (χ1n) is 8.74. The van der Waals surface area contributed by atoms with Crippen molar-refractivity contribution in [2.45, 2.75) is 45.9 Å². The minimum absolute atomic E-state index is 0.0968. The molecule has 7 nitrogen and oxygen atoms in total. The fraction of sp³-hybridized carbons (Fsp3) is 0.450. The summed E-state index contributed by atoms with van der Waals surface area (Å²) < 4.78 is 9.88. The van der Waals surface area contributed by atoms with E-state index in [2.05, 4.69) is 17.2 Å². The van der Waals surface area contributed by atoms with E-state index in [9.17, 15) is 14.4 Å². The fourth-order valence-corrected chi connectivity index (χ4v) is 2.37. The van der Waals surface area contributed by atoms with Crippen molar-refractivity contribution in [3.63, 3.8) is 0 Å². The monoisotopic (exact) mass is 376 g/mol. The molecule has 0 spiro atoms. The molecule has 148 valence electrons. The van der Waals surface area contributed by atoms with Crippen LogP contribution in [0.2, 0.25) is 0 Å². The number of methoxy groups -OCH3 is 1. The smallest absolute Gasteiger partial charge is 0.408 e. The van der Waals surface area contributed by atoms with Gasteiger partial charge in [-0.15, -0.1) is 6.58 Å². The average molecular weight is 376 g/mol. The van der Waals surface area contributed by atoms with E-state index in [0.29, 0.717) is 0 Å².